The van der Waals surface area contributed by atoms with E-state index in [1.54, 1.807) is 11.8 Å². The van der Waals surface area contributed by atoms with Gasteiger partial charge in [-0.2, -0.15) is 0 Å². The summed E-state index contributed by atoms with van der Waals surface area (Å²) in [6.07, 6.45) is 2.18. The van der Waals surface area contributed by atoms with Crippen LogP contribution < -0.4 is 10.1 Å². The molecule has 1 N–H and O–H groups in total. The number of carbonyl (C=O) groups excluding carboxylic acids is 2. The number of hydrogen-bond donors (Lipinski definition) is 1. The molecule has 0 radical (unpaired) electrons. The van der Waals surface area contributed by atoms with Gasteiger partial charge in [0.05, 0.1) is 12.3 Å². The van der Waals surface area contributed by atoms with Crippen LogP contribution in [-0.2, 0) is 17.8 Å². The highest BCUT2D eigenvalue weighted by Crippen LogP contribution is 2.39. The first kappa shape index (κ1) is 25.1. The van der Waals surface area contributed by atoms with Crippen LogP contribution in [0.1, 0.15) is 45.8 Å². The fourth-order valence-electron chi connectivity index (χ4n) is 3.96. The van der Waals surface area contributed by atoms with E-state index >= 15 is 0 Å². The summed E-state index contributed by atoms with van der Waals surface area (Å²) in [5, 5.41) is 3.50. The van der Waals surface area contributed by atoms with Crippen LogP contribution in [0.4, 0.5) is 0 Å². The van der Waals surface area contributed by atoms with Crippen LogP contribution in [0.5, 0.6) is 5.75 Å². The molecule has 0 aromatic heterocycles. The Labute approximate surface area is 215 Å². The van der Waals surface area contributed by atoms with E-state index in [0.717, 1.165) is 29.7 Å². The third kappa shape index (κ3) is 6.80. The summed E-state index contributed by atoms with van der Waals surface area (Å²) in [5.41, 5.74) is 3.91. The van der Waals surface area contributed by atoms with Gasteiger partial charge in [-0.15, -0.1) is 11.8 Å². The van der Waals surface area contributed by atoms with Gasteiger partial charge in [0, 0.05) is 17.1 Å². The second kappa shape index (κ2) is 12.1. The van der Waals surface area contributed by atoms with Crippen LogP contribution in [0.2, 0.25) is 5.02 Å². The maximum Gasteiger partial charge on any atom is 0.251 e. The van der Waals surface area contributed by atoms with Gasteiger partial charge in [0.1, 0.15) is 17.7 Å². The lowest BCUT2D eigenvalue weighted by Gasteiger charge is -2.24. The van der Waals surface area contributed by atoms with Gasteiger partial charge in [-0.1, -0.05) is 61.3 Å². The molecule has 3 aromatic carbocycles. The van der Waals surface area contributed by atoms with E-state index in [9.17, 15) is 9.59 Å². The van der Waals surface area contributed by atoms with Crippen LogP contribution >= 0.6 is 23.4 Å². The number of amides is 2. The molecule has 0 bridgehead atoms. The Bertz CT molecular complexity index is 1130. The third-order valence-electron chi connectivity index (χ3n) is 5.81. The molecule has 182 valence electrons. The van der Waals surface area contributed by atoms with Crippen molar-refractivity contribution in [3.8, 4) is 5.75 Å². The second-order valence-electron chi connectivity index (χ2n) is 8.43. The molecule has 1 fully saturated rings. The van der Waals surface area contributed by atoms with Crippen molar-refractivity contribution in [2.45, 2.75) is 31.7 Å². The third-order valence-corrected chi connectivity index (χ3v) is 7.32. The zero-order valence-corrected chi connectivity index (χ0v) is 21.3. The van der Waals surface area contributed by atoms with Crippen LogP contribution in [0.3, 0.4) is 0 Å². The van der Waals surface area contributed by atoms with Crippen LogP contribution in [-0.4, -0.2) is 35.6 Å². The molecular weight excluding hydrogens is 480 g/mol. The number of nitrogens with one attached hydrogen (secondary N) is 1. The van der Waals surface area contributed by atoms with Gasteiger partial charge >= 0.3 is 0 Å². The van der Waals surface area contributed by atoms with E-state index in [1.807, 2.05) is 65.6 Å². The summed E-state index contributed by atoms with van der Waals surface area (Å²) in [6, 6.07) is 23.1. The van der Waals surface area contributed by atoms with Crippen LogP contribution in [0.25, 0.3) is 0 Å². The lowest BCUT2D eigenvalue weighted by atomic mass is 10.1. The van der Waals surface area contributed by atoms with Crippen molar-refractivity contribution in [2.24, 2.45) is 0 Å². The summed E-state index contributed by atoms with van der Waals surface area (Å²) >= 11 is 7.58. The van der Waals surface area contributed by atoms with Gasteiger partial charge < -0.3 is 15.0 Å². The largest absolute Gasteiger partial charge is 0.492 e. The van der Waals surface area contributed by atoms with Crippen molar-refractivity contribution >= 4 is 35.2 Å². The molecule has 3 aromatic rings. The van der Waals surface area contributed by atoms with Crippen molar-refractivity contribution < 1.29 is 14.3 Å². The molecule has 35 heavy (non-hydrogen) atoms. The first-order valence-corrected chi connectivity index (χ1v) is 13.2. The average Bonchev–Trinajstić information content (AvgIpc) is 3.24. The number of halogens is 1. The number of carbonyl (C=O) groups is 2. The molecule has 1 unspecified atom stereocenters. The average molecular weight is 509 g/mol. The number of benzene rings is 3. The molecule has 1 heterocycles. The summed E-state index contributed by atoms with van der Waals surface area (Å²) < 4.78 is 5.73. The molecule has 1 atom stereocenters. The maximum absolute atomic E-state index is 12.5. The molecule has 0 spiro atoms. The highest BCUT2D eigenvalue weighted by Gasteiger charge is 2.32. The molecule has 1 aliphatic heterocycles. The molecule has 1 saturated heterocycles. The Morgan fingerprint density at radius 1 is 1.03 bits per heavy atom. The van der Waals surface area contributed by atoms with E-state index in [2.05, 4.69) is 24.4 Å². The molecule has 7 heteroatoms. The SMILES string of the molecule is CCCc1ccc(OCCNC(=O)c2ccc(C3SCC(=O)N3Cc3ccc(Cl)cc3)cc2)cc1. The Balaban J connectivity index is 1.28. The topological polar surface area (TPSA) is 58.6 Å². The molecule has 2 amide bonds. The molecular formula is C28H29ClN2O3S. The van der Waals surface area contributed by atoms with Crippen molar-refractivity contribution in [2.75, 3.05) is 18.9 Å². The highest BCUT2D eigenvalue weighted by molar-refractivity contribution is 8.00. The Morgan fingerprint density at radius 3 is 2.40 bits per heavy atom. The summed E-state index contributed by atoms with van der Waals surface area (Å²) in [6.45, 7) is 3.50. The number of nitrogens with zero attached hydrogens (tertiary/aromatic N) is 1. The zero-order chi connectivity index (χ0) is 24.6. The number of thioether (sulfide) groups is 1. The van der Waals surface area contributed by atoms with Gasteiger partial charge in [0.25, 0.3) is 5.91 Å². The fourth-order valence-corrected chi connectivity index (χ4v) is 5.28. The molecule has 1 aliphatic rings. The minimum Gasteiger partial charge on any atom is -0.492 e. The van der Waals surface area contributed by atoms with Crippen molar-refractivity contribution in [1.82, 2.24) is 10.2 Å². The van der Waals surface area contributed by atoms with E-state index in [1.165, 1.54) is 5.56 Å². The van der Waals surface area contributed by atoms with Gasteiger partial charge in [0.2, 0.25) is 5.91 Å². The predicted molar refractivity (Wildman–Crippen MR) is 142 cm³/mol. The predicted octanol–water partition coefficient (Wildman–Crippen LogP) is 5.88. The lowest BCUT2D eigenvalue weighted by Crippen LogP contribution is -2.28. The maximum atomic E-state index is 12.5. The standard InChI is InChI=1S/C28H29ClN2O3S/c1-2-3-20-6-14-25(15-7-20)34-17-16-30-27(33)22-8-10-23(11-9-22)28-31(26(32)19-35-28)18-21-4-12-24(29)13-5-21/h4-15,28H,2-3,16-19H2,1H3,(H,30,33). The quantitative estimate of drug-likeness (QED) is 0.348. The van der Waals surface area contributed by atoms with Crippen LogP contribution in [0.15, 0.2) is 72.8 Å². The fraction of sp³-hybridized carbons (Fsp3) is 0.286. The first-order valence-electron chi connectivity index (χ1n) is 11.8. The minimum atomic E-state index is -0.147. The summed E-state index contributed by atoms with van der Waals surface area (Å²) in [7, 11) is 0. The number of rotatable bonds is 10. The van der Waals surface area contributed by atoms with E-state index in [4.69, 9.17) is 16.3 Å². The molecule has 4 rings (SSSR count). The monoisotopic (exact) mass is 508 g/mol. The van der Waals surface area contributed by atoms with Gasteiger partial charge in [-0.05, 0) is 59.5 Å². The zero-order valence-electron chi connectivity index (χ0n) is 19.7. The van der Waals surface area contributed by atoms with E-state index in [0.29, 0.717) is 36.0 Å². The van der Waals surface area contributed by atoms with Gasteiger partial charge in [0.15, 0.2) is 0 Å². The number of hydrogen-bond acceptors (Lipinski definition) is 4. The van der Waals surface area contributed by atoms with Crippen molar-refractivity contribution in [3.63, 3.8) is 0 Å². The van der Waals surface area contributed by atoms with Gasteiger partial charge in [-0.25, -0.2) is 0 Å². The highest BCUT2D eigenvalue weighted by atomic mass is 35.5. The lowest BCUT2D eigenvalue weighted by molar-refractivity contribution is -0.128. The minimum absolute atomic E-state index is 0.0765. The number of aryl methyl sites for hydroxylation is 1. The van der Waals surface area contributed by atoms with Crippen molar-refractivity contribution in [3.05, 3.63) is 100 Å². The normalized spacial score (nSPS) is 15.3. The van der Waals surface area contributed by atoms with E-state index in [-0.39, 0.29) is 17.2 Å². The Morgan fingerprint density at radius 2 is 1.71 bits per heavy atom. The molecule has 0 aliphatic carbocycles. The first-order chi connectivity index (χ1) is 17.0. The molecule has 0 saturated carbocycles. The number of ether oxygens (including phenoxy) is 1. The second-order valence-corrected chi connectivity index (χ2v) is 9.94. The van der Waals surface area contributed by atoms with Crippen molar-refractivity contribution in [1.29, 1.82) is 0 Å². The summed E-state index contributed by atoms with van der Waals surface area (Å²) in [4.78, 5) is 26.9. The van der Waals surface area contributed by atoms with Gasteiger partial charge in [-0.3, -0.25) is 9.59 Å². The Kier molecular flexibility index (Phi) is 8.72. The Hall–Kier alpha value is -2.96. The molecule has 5 nitrogen and oxygen atoms in total. The summed E-state index contributed by atoms with van der Waals surface area (Å²) in [5.74, 6) is 1.21. The van der Waals surface area contributed by atoms with E-state index < -0.39 is 0 Å². The van der Waals surface area contributed by atoms with Crippen LogP contribution in [0, 0.1) is 0 Å². The smallest absolute Gasteiger partial charge is 0.251 e.